The molecule has 2 rings (SSSR count). The van der Waals surface area contributed by atoms with Gasteiger partial charge >= 0.3 is 5.97 Å². The van der Waals surface area contributed by atoms with Gasteiger partial charge in [0.05, 0.1) is 17.6 Å². The maximum atomic E-state index is 11.8. The third kappa shape index (κ3) is 4.18. The van der Waals surface area contributed by atoms with Gasteiger partial charge in [-0.3, -0.25) is 9.59 Å². The predicted molar refractivity (Wildman–Crippen MR) is 77.1 cm³/mol. The highest BCUT2D eigenvalue weighted by Crippen LogP contribution is 2.25. The summed E-state index contributed by atoms with van der Waals surface area (Å²) in [6, 6.07) is 8.92. The number of carboxylic acids is 1. The number of nitriles is 1. The third-order valence-electron chi connectivity index (χ3n) is 3.57. The summed E-state index contributed by atoms with van der Waals surface area (Å²) in [5.74, 6) is -1.39. The van der Waals surface area contributed by atoms with Crippen LogP contribution in [0.3, 0.4) is 0 Å². The smallest absolute Gasteiger partial charge is 0.306 e. The van der Waals surface area contributed by atoms with Crippen LogP contribution in [0, 0.1) is 17.2 Å². The number of carbonyl (C=O) groups excluding carboxylic acids is 1. The lowest BCUT2D eigenvalue weighted by atomic mass is 10.1. The molecule has 1 saturated carbocycles. The molecule has 5 heteroatoms. The maximum Gasteiger partial charge on any atom is 0.306 e. The standard InChI is InChI=1S/C16H16N2O3/c17-10-12-3-1-2-11(8-12)4-7-15(19)18-14-6-5-13(9-14)16(20)21/h1-4,7-8,13-14H,5-6,9H2,(H,18,19)(H,20,21)/b7-4+/t13-,14+/m1/s1. The van der Waals surface area contributed by atoms with Crippen molar-refractivity contribution >= 4 is 18.0 Å². The van der Waals surface area contributed by atoms with Gasteiger partial charge in [0.2, 0.25) is 5.91 Å². The molecular weight excluding hydrogens is 268 g/mol. The van der Waals surface area contributed by atoms with E-state index < -0.39 is 5.97 Å². The van der Waals surface area contributed by atoms with E-state index in [9.17, 15) is 9.59 Å². The molecule has 1 aromatic carbocycles. The quantitative estimate of drug-likeness (QED) is 0.827. The van der Waals surface area contributed by atoms with Crippen molar-refractivity contribution in [2.24, 2.45) is 5.92 Å². The van der Waals surface area contributed by atoms with E-state index >= 15 is 0 Å². The lowest BCUT2D eigenvalue weighted by Gasteiger charge is -2.10. The van der Waals surface area contributed by atoms with E-state index in [0.29, 0.717) is 24.8 Å². The van der Waals surface area contributed by atoms with Crippen molar-refractivity contribution in [3.05, 3.63) is 41.5 Å². The number of rotatable bonds is 4. The molecule has 1 aromatic rings. The van der Waals surface area contributed by atoms with Crippen LogP contribution in [0.1, 0.15) is 30.4 Å². The first-order valence-corrected chi connectivity index (χ1v) is 6.80. The number of benzene rings is 1. The fourth-order valence-electron chi connectivity index (χ4n) is 2.47. The number of nitrogens with one attached hydrogen (secondary N) is 1. The monoisotopic (exact) mass is 284 g/mol. The van der Waals surface area contributed by atoms with Crippen molar-refractivity contribution in [1.82, 2.24) is 5.32 Å². The molecule has 1 amide bonds. The predicted octanol–water partition coefficient (Wildman–Crippen LogP) is 1.94. The fraction of sp³-hybridized carbons (Fsp3) is 0.312. The van der Waals surface area contributed by atoms with E-state index in [1.54, 1.807) is 30.3 Å². The summed E-state index contributed by atoms with van der Waals surface area (Å²) in [6.07, 6.45) is 4.83. The first-order valence-electron chi connectivity index (χ1n) is 6.80. The van der Waals surface area contributed by atoms with E-state index in [1.165, 1.54) is 6.08 Å². The summed E-state index contributed by atoms with van der Waals surface area (Å²) in [4.78, 5) is 22.6. The summed E-state index contributed by atoms with van der Waals surface area (Å²) in [6.45, 7) is 0. The van der Waals surface area contributed by atoms with Gasteiger partial charge in [0.15, 0.2) is 0 Å². The van der Waals surface area contributed by atoms with E-state index in [-0.39, 0.29) is 17.9 Å². The number of hydrogen-bond donors (Lipinski definition) is 2. The van der Waals surface area contributed by atoms with Gasteiger partial charge in [-0.05, 0) is 43.0 Å². The maximum absolute atomic E-state index is 11.8. The zero-order chi connectivity index (χ0) is 15.2. The third-order valence-corrected chi connectivity index (χ3v) is 3.57. The molecule has 1 aliphatic rings. The van der Waals surface area contributed by atoms with Crippen LogP contribution in [0.4, 0.5) is 0 Å². The second kappa shape index (κ2) is 6.71. The SMILES string of the molecule is N#Cc1cccc(/C=C/C(=O)N[C@H]2CC[C@@H](C(=O)O)C2)c1. The Morgan fingerprint density at radius 2 is 2.19 bits per heavy atom. The van der Waals surface area contributed by atoms with Crippen molar-refractivity contribution in [2.45, 2.75) is 25.3 Å². The molecule has 5 nitrogen and oxygen atoms in total. The summed E-state index contributed by atoms with van der Waals surface area (Å²) in [5.41, 5.74) is 1.32. The number of amides is 1. The molecule has 0 aliphatic heterocycles. The summed E-state index contributed by atoms with van der Waals surface area (Å²) in [7, 11) is 0. The lowest BCUT2D eigenvalue weighted by molar-refractivity contribution is -0.141. The molecule has 2 N–H and O–H groups in total. The lowest BCUT2D eigenvalue weighted by Crippen LogP contribution is -2.31. The van der Waals surface area contributed by atoms with Gasteiger partial charge in [-0.2, -0.15) is 5.26 Å². The van der Waals surface area contributed by atoms with Crippen molar-refractivity contribution < 1.29 is 14.7 Å². The van der Waals surface area contributed by atoms with Crippen LogP contribution in [0.15, 0.2) is 30.3 Å². The Hall–Kier alpha value is -2.61. The Kier molecular flexibility index (Phi) is 4.72. The van der Waals surface area contributed by atoms with Crippen LogP contribution in [0.2, 0.25) is 0 Å². The van der Waals surface area contributed by atoms with Crippen molar-refractivity contribution in [3.63, 3.8) is 0 Å². The highest BCUT2D eigenvalue weighted by Gasteiger charge is 2.30. The molecule has 0 aromatic heterocycles. The molecule has 1 aliphatic carbocycles. The second-order valence-corrected chi connectivity index (χ2v) is 5.12. The van der Waals surface area contributed by atoms with E-state index in [1.807, 2.05) is 6.07 Å². The molecule has 0 saturated heterocycles. The number of carbonyl (C=O) groups is 2. The largest absolute Gasteiger partial charge is 0.481 e. The molecule has 0 radical (unpaired) electrons. The Bertz CT molecular complexity index is 616. The first-order chi connectivity index (χ1) is 10.1. The van der Waals surface area contributed by atoms with Crippen LogP contribution < -0.4 is 5.32 Å². The van der Waals surface area contributed by atoms with Crippen molar-refractivity contribution in [1.29, 1.82) is 5.26 Å². The Morgan fingerprint density at radius 1 is 1.38 bits per heavy atom. The van der Waals surface area contributed by atoms with Gasteiger partial charge in [-0.25, -0.2) is 0 Å². The number of hydrogen-bond acceptors (Lipinski definition) is 3. The van der Waals surface area contributed by atoms with Crippen molar-refractivity contribution in [3.8, 4) is 6.07 Å². The van der Waals surface area contributed by atoms with Gasteiger partial charge in [0.25, 0.3) is 0 Å². The molecule has 0 bridgehead atoms. The number of aliphatic carboxylic acids is 1. The summed E-state index contributed by atoms with van der Waals surface area (Å²) < 4.78 is 0. The molecule has 2 atom stereocenters. The minimum absolute atomic E-state index is 0.0753. The first kappa shape index (κ1) is 14.8. The average molecular weight is 284 g/mol. The summed E-state index contributed by atoms with van der Waals surface area (Å²) in [5, 5.41) is 20.5. The normalized spacial score (nSPS) is 21.1. The van der Waals surface area contributed by atoms with Gasteiger partial charge in [0.1, 0.15) is 0 Å². The highest BCUT2D eigenvalue weighted by molar-refractivity contribution is 5.92. The van der Waals surface area contributed by atoms with E-state index in [4.69, 9.17) is 10.4 Å². The minimum Gasteiger partial charge on any atom is -0.481 e. The molecule has 0 heterocycles. The van der Waals surface area contributed by atoms with E-state index in [0.717, 1.165) is 5.56 Å². The van der Waals surface area contributed by atoms with Crippen LogP contribution in [0.5, 0.6) is 0 Å². The van der Waals surface area contributed by atoms with Crippen LogP contribution in [0.25, 0.3) is 6.08 Å². The van der Waals surface area contributed by atoms with Crippen LogP contribution in [-0.4, -0.2) is 23.0 Å². The minimum atomic E-state index is -0.796. The Morgan fingerprint density at radius 3 is 2.86 bits per heavy atom. The molecule has 108 valence electrons. The zero-order valence-corrected chi connectivity index (χ0v) is 11.5. The Balaban J connectivity index is 1.89. The summed E-state index contributed by atoms with van der Waals surface area (Å²) >= 11 is 0. The van der Waals surface area contributed by atoms with Crippen molar-refractivity contribution in [2.75, 3.05) is 0 Å². The van der Waals surface area contributed by atoms with Crippen LogP contribution >= 0.6 is 0 Å². The van der Waals surface area contributed by atoms with Crippen LogP contribution in [-0.2, 0) is 9.59 Å². The highest BCUT2D eigenvalue weighted by atomic mass is 16.4. The molecule has 21 heavy (non-hydrogen) atoms. The van der Waals surface area contributed by atoms with E-state index in [2.05, 4.69) is 5.32 Å². The zero-order valence-electron chi connectivity index (χ0n) is 11.5. The number of nitrogens with zero attached hydrogens (tertiary/aromatic N) is 1. The van der Waals surface area contributed by atoms with Gasteiger partial charge in [0, 0.05) is 12.1 Å². The average Bonchev–Trinajstić information content (AvgIpc) is 2.94. The second-order valence-electron chi connectivity index (χ2n) is 5.12. The van der Waals surface area contributed by atoms with Gasteiger partial charge < -0.3 is 10.4 Å². The molecular formula is C16H16N2O3. The van der Waals surface area contributed by atoms with Gasteiger partial charge in [-0.15, -0.1) is 0 Å². The molecule has 0 unspecified atom stereocenters. The topological polar surface area (TPSA) is 90.2 Å². The molecule has 1 fully saturated rings. The number of carboxylic acid groups (broad SMARTS) is 1. The molecule has 0 spiro atoms. The van der Waals surface area contributed by atoms with Gasteiger partial charge in [-0.1, -0.05) is 12.1 Å². The fourth-order valence-corrected chi connectivity index (χ4v) is 2.47. The Labute approximate surface area is 122 Å².